The molecule has 0 aliphatic heterocycles. The molecule has 0 aromatic heterocycles. The van der Waals surface area contributed by atoms with Crippen LogP contribution in [0, 0.1) is 5.92 Å². The summed E-state index contributed by atoms with van der Waals surface area (Å²) in [5, 5.41) is 10.5. The van der Waals surface area contributed by atoms with Crippen LogP contribution < -0.4 is 4.74 Å². The van der Waals surface area contributed by atoms with E-state index in [1.165, 1.54) is 32.1 Å². The van der Waals surface area contributed by atoms with Gasteiger partial charge < -0.3 is 9.84 Å². The monoisotopic (exact) mass is 362 g/mol. The largest absolute Gasteiger partial charge is 0.507 e. The molecular weight excluding hydrogens is 324 g/mol. The summed E-state index contributed by atoms with van der Waals surface area (Å²) in [5.74, 6) is 0.956. The molecule has 0 heterocycles. The van der Waals surface area contributed by atoms with Crippen LogP contribution in [0.5, 0.6) is 11.5 Å². The van der Waals surface area contributed by atoms with E-state index in [-0.39, 0.29) is 23.7 Å². The standard InChI is InChI=1S/C23H38O3/c1-7-8-9-10-11-12-13-18(6)23(25)26-19-14-20(16(2)3)22(24)21(15-19)17(4)5/h14-18,24H,7-13H2,1-6H3. The van der Waals surface area contributed by atoms with Crippen molar-refractivity contribution in [2.75, 3.05) is 0 Å². The van der Waals surface area contributed by atoms with E-state index in [1.54, 1.807) is 12.1 Å². The molecule has 1 unspecified atom stereocenters. The van der Waals surface area contributed by atoms with Gasteiger partial charge in [0.1, 0.15) is 11.5 Å². The van der Waals surface area contributed by atoms with Gasteiger partial charge in [-0.15, -0.1) is 0 Å². The molecule has 3 nitrogen and oxygen atoms in total. The molecule has 0 radical (unpaired) electrons. The van der Waals surface area contributed by atoms with Crippen LogP contribution in [0.15, 0.2) is 12.1 Å². The van der Waals surface area contributed by atoms with E-state index in [1.807, 2.05) is 34.6 Å². The fourth-order valence-electron chi connectivity index (χ4n) is 3.16. The molecular formula is C23H38O3. The Morgan fingerprint density at radius 2 is 1.42 bits per heavy atom. The third-order valence-electron chi connectivity index (χ3n) is 5.00. The van der Waals surface area contributed by atoms with Crippen molar-refractivity contribution in [3.63, 3.8) is 0 Å². The molecule has 0 fully saturated rings. The van der Waals surface area contributed by atoms with Gasteiger partial charge in [-0.1, -0.05) is 80.1 Å². The minimum atomic E-state index is -0.173. The van der Waals surface area contributed by atoms with E-state index < -0.39 is 0 Å². The molecule has 0 spiro atoms. The fourth-order valence-corrected chi connectivity index (χ4v) is 3.16. The molecule has 0 aliphatic carbocycles. The average molecular weight is 363 g/mol. The highest BCUT2D eigenvalue weighted by atomic mass is 16.5. The van der Waals surface area contributed by atoms with Gasteiger partial charge >= 0.3 is 5.97 Å². The summed E-state index contributed by atoms with van der Waals surface area (Å²) in [6.45, 7) is 12.3. The molecule has 1 atom stereocenters. The van der Waals surface area contributed by atoms with Gasteiger partial charge in [0.25, 0.3) is 0 Å². The van der Waals surface area contributed by atoms with Gasteiger partial charge in [-0.2, -0.15) is 0 Å². The second kappa shape index (κ2) is 11.3. The SMILES string of the molecule is CCCCCCCCC(C)C(=O)Oc1cc(C(C)C)c(O)c(C(C)C)c1. The smallest absolute Gasteiger partial charge is 0.314 e. The topological polar surface area (TPSA) is 46.5 Å². The van der Waals surface area contributed by atoms with E-state index in [0.717, 1.165) is 24.0 Å². The lowest BCUT2D eigenvalue weighted by molar-refractivity contribution is -0.138. The normalized spacial score (nSPS) is 12.6. The Kier molecular flexibility index (Phi) is 9.75. The average Bonchev–Trinajstić information content (AvgIpc) is 2.58. The maximum Gasteiger partial charge on any atom is 0.314 e. The van der Waals surface area contributed by atoms with Crippen molar-refractivity contribution in [2.45, 2.75) is 98.3 Å². The van der Waals surface area contributed by atoms with Crippen LogP contribution in [0.3, 0.4) is 0 Å². The summed E-state index contributed by atoms with van der Waals surface area (Å²) < 4.78 is 5.66. The second-order valence-corrected chi connectivity index (χ2v) is 8.14. The maximum atomic E-state index is 12.4. The molecule has 1 N–H and O–H groups in total. The number of phenolic OH excluding ortho intramolecular Hbond substituents is 1. The predicted molar refractivity (Wildman–Crippen MR) is 109 cm³/mol. The highest BCUT2D eigenvalue weighted by Crippen LogP contribution is 2.37. The first-order valence-electron chi connectivity index (χ1n) is 10.4. The molecule has 3 heteroatoms. The number of carbonyl (C=O) groups excluding carboxylic acids is 1. The van der Waals surface area contributed by atoms with E-state index in [4.69, 9.17) is 4.74 Å². The molecule has 1 aromatic carbocycles. The van der Waals surface area contributed by atoms with Crippen LogP contribution in [0.25, 0.3) is 0 Å². The van der Waals surface area contributed by atoms with Gasteiger partial charge in [-0.25, -0.2) is 0 Å². The highest BCUT2D eigenvalue weighted by Gasteiger charge is 2.19. The van der Waals surface area contributed by atoms with Gasteiger partial charge in [0, 0.05) is 11.1 Å². The lowest BCUT2D eigenvalue weighted by atomic mass is 9.93. The quantitative estimate of drug-likeness (QED) is 0.264. The minimum absolute atomic E-state index is 0.0972. The van der Waals surface area contributed by atoms with Gasteiger partial charge in [0.05, 0.1) is 5.92 Å². The van der Waals surface area contributed by atoms with Crippen molar-refractivity contribution in [2.24, 2.45) is 5.92 Å². The zero-order valence-electron chi connectivity index (χ0n) is 17.6. The van der Waals surface area contributed by atoms with Gasteiger partial charge in [-0.3, -0.25) is 4.79 Å². The zero-order valence-corrected chi connectivity index (χ0v) is 17.6. The number of ether oxygens (including phenoxy) is 1. The molecule has 0 aliphatic rings. The van der Waals surface area contributed by atoms with E-state index >= 15 is 0 Å². The Labute approximate surface area is 160 Å². The fraction of sp³-hybridized carbons (Fsp3) is 0.696. The Hall–Kier alpha value is -1.51. The third-order valence-corrected chi connectivity index (χ3v) is 5.00. The zero-order chi connectivity index (χ0) is 19.7. The summed E-state index contributed by atoms with van der Waals surface area (Å²) in [6.07, 6.45) is 8.23. The number of benzene rings is 1. The van der Waals surface area contributed by atoms with Crippen LogP contribution in [0.4, 0.5) is 0 Å². The Morgan fingerprint density at radius 1 is 0.923 bits per heavy atom. The van der Waals surface area contributed by atoms with Crippen molar-refractivity contribution in [3.8, 4) is 11.5 Å². The summed E-state index contributed by atoms with van der Waals surface area (Å²) in [5.41, 5.74) is 1.67. The molecule has 1 aromatic rings. The lowest BCUT2D eigenvalue weighted by Gasteiger charge is -2.18. The number of esters is 1. The number of aromatic hydroxyl groups is 1. The Bertz CT molecular complexity index is 532. The first-order valence-corrected chi connectivity index (χ1v) is 10.4. The van der Waals surface area contributed by atoms with Gasteiger partial charge in [0.2, 0.25) is 0 Å². The predicted octanol–water partition coefficient (Wildman–Crippen LogP) is 6.93. The van der Waals surface area contributed by atoms with Crippen LogP contribution >= 0.6 is 0 Å². The minimum Gasteiger partial charge on any atom is -0.507 e. The summed E-state index contributed by atoms with van der Waals surface area (Å²) >= 11 is 0. The highest BCUT2D eigenvalue weighted by molar-refractivity contribution is 5.75. The molecule has 148 valence electrons. The molecule has 0 amide bonds. The lowest BCUT2D eigenvalue weighted by Crippen LogP contribution is -2.18. The first kappa shape index (κ1) is 22.5. The number of phenols is 1. The Balaban J connectivity index is 2.67. The van der Waals surface area contributed by atoms with E-state index in [9.17, 15) is 9.90 Å². The van der Waals surface area contributed by atoms with Crippen LogP contribution in [0.1, 0.15) is 109 Å². The van der Waals surface area contributed by atoms with Crippen molar-refractivity contribution < 1.29 is 14.6 Å². The summed E-state index contributed by atoms with van der Waals surface area (Å²) in [6, 6.07) is 3.61. The molecule has 0 bridgehead atoms. The first-order chi connectivity index (χ1) is 12.3. The van der Waals surface area contributed by atoms with Gasteiger partial charge in [-0.05, 0) is 30.4 Å². The van der Waals surface area contributed by atoms with Crippen molar-refractivity contribution >= 4 is 5.97 Å². The van der Waals surface area contributed by atoms with Gasteiger partial charge in [0.15, 0.2) is 0 Å². The third kappa shape index (κ3) is 7.01. The second-order valence-electron chi connectivity index (χ2n) is 8.14. The molecule has 1 rings (SSSR count). The van der Waals surface area contributed by atoms with E-state index in [2.05, 4.69) is 6.92 Å². The number of hydrogen-bond donors (Lipinski definition) is 1. The number of rotatable bonds is 11. The molecule has 0 saturated heterocycles. The maximum absolute atomic E-state index is 12.4. The summed E-state index contributed by atoms with van der Waals surface area (Å²) in [7, 11) is 0. The summed E-state index contributed by atoms with van der Waals surface area (Å²) in [4.78, 5) is 12.4. The van der Waals surface area contributed by atoms with Crippen molar-refractivity contribution in [1.29, 1.82) is 0 Å². The Morgan fingerprint density at radius 3 is 1.92 bits per heavy atom. The number of hydrogen-bond acceptors (Lipinski definition) is 3. The van der Waals surface area contributed by atoms with Crippen LogP contribution in [-0.2, 0) is 4.79 Å². The molecule has 26 heavy (non-hydrogen) atoms. The molecule has 0 saturated carbocycles. The number of unbranched alkanes of at least 4 members (excludes halogenated alkanes) is 5. The van der Waals surface area contributed by atoms with E-state index in [0.29, 0.717) is 11.5 Å². The van der Waals surface area contributed by atoms with Crippen molar-refractivity contribution in [1.82, 2.24) is 0 Å². The van der Waals surface area contributed by atoms with Crippen LogP contribution in [-0.4, -0.2) is 11.1 Å². The number of carbonyl (C=O) groups is 1. The van der Waals surface area contributed by atoms with Crippen molar-refractivity contribution in [3.05, 3.63) is 23.3 Å². The van der Waals surface area contributed by atoms with Crippen LogP contribution in [0.2, 0.25) is 0 Å².